The quantitative estimate of drug-likeness (QED) is 0.414. The van der Waals surface area contributed by atoms with E-state index in [4.69, 9.17) is 0 Å². The minimum Gasteiger partial charge on any atom is -0.0917 e. The van der Waals surface area contributed by atoms with Gasteiger partial charge in [-0.1, -0.05) is 79.9 Å². The highest BCUT2D eigenvalue weighted by Gasteiger charge is 2.19. The van der Waals surface area contributed by atoms with Crippen LogP contribution in [-0.2, 0) is 0 Å². The summed E-state index contributed by atoms with van der Waals surface area (Å²) in [5.74, 6) is 4.30. The predicted octanol–water partition coefficient (Wildman–Crippen LogP) is 6.06. The minimum absolute atomic E-state index is 0.823. The number of hydrogen-bond acceptors (Lipinski definition) is 0. The maximum atomic E-state index is 2.46. The zero-order valence-corrected chi connectivity index (χ0v) is 14.0. The molecule has 0 nitrogen and oxygen atoms in total. The first kappa shape index (κ1) is 18.1. The molecular weight excluding hydrogens is 215 g/mol. The van der Waals surface area contributed by atoms with Crippen LogP contribution in [0, 0.1) is 23.7 Å². The Bertz CT molecular complexity index is 188. The summed E-state index contributed by atoms with van der Waals surface area (Å²) in [5.41, 5.74) is 0. The van der Waals surface area contributed by atoms with Crippen LogP contribution in [0.4, 0.5) is 0 Å². The van der Waals surface area contributed by atoms with Crippen molar-refractivity contribution in [2.75, 3.05) is 0 Å². The Balaban J connectivity index is 4.07. The lowest BCUT2D eigenvalue weighted by Crippen LogP contribution is -2.16. The zero-order chi connectivity index (χ0) is 14.1. The Morgan fingerprint density at radius 2 is 1.39 bits per heavy atom. The van der Waals surface area contributed by atoms with E-state index < -0.39 is 0 Å². The maximum Gasteiger partial charge on any atom is 0.110 e. The standard InChI is InChI=1S/C17H36B/c1-8-9-14(4)11-15(5)16(6)12-17(18-7)10-13(2)3/h13-17H,8-12H2,1-7H3. The van der Waals surface area contributed by atoms with E-state index >= 15 is 0 Å². The summed E-state index contributed by atoms with van der Waals surface area (Å²) in [6, 6.07) is 0. The van der Waals surface area contributed by atoms with Crippen LogP contribution in [0.15, 0.2) is 0 Å². The van der Waals surface area contributed by atoms with Crippen LogP contribution < -0.4 is 0 Å². The van der Waals surface area contributed by atoms with Crippen molar-refractivity contribution >= 4 is 7.28 Å². The summed E-state index contributed by atoms with van der Waals surface area (Å²) in [4.78, 5) is 0. The fourth-order valence-electron chi connectivity index (χ4n) is 3.16. The first-order valence-corrected chi connectivity index (χ1v) is 8.20. The van der Waals surface area contributed by atoms with Crippen LogP contribution in [0.2, 0.25) is 12.6 Å². The molecule has 0 aromatic heterocycles. The average molecular weight is 251 g/mol. The van der Waals surface area contributed by atoms with Gasteiger partial charge in [0.25, 0.3) is 0 Å². The topological polar surface area (TPSA) is 0 Å². The van der Waals surface area contributed by atoms with E-state index in [0.717, 1.165) is 29.5 Å². The fourth-order valence-corrected chi connectivity index (χ4v) is 3.16. The van der Waals surface area contributed by atoms with Crippen molar-refractivity contribution in [3.05, 3.63) is 0 Å². The van der Waals surface area contributed by atoms with Crippen LogP contribution in [0.3, 0.4) is 0 Å². The van der Waals surface area contributed by atoms with Gasteiger partial charge in [-0.2, -0.15) is 0 Å². The van der Waals surface area contributed by atoms with E-state index in [0.29, 0.717) is 0 Å². The van der Waals surface area contributed by atoms with Gasteiger partial charge < -0.3 is 0 Å². The number of rotatable bonds is 10. The molecule has 0 aromatic carbocycles. The third-order valence-electron chi connectivity index (χ3n) is 4.45. The Labute approximate surface area is 118 Å². The average Bonchev–Trinajstić information content (AvgIpc) is 2.27. The second-order valence-corrected chi connectivity index (χ2v) is 7.04. The first-order valence-electron chi connectivity index (χ1n) is 8.20. The minimum atomic E-state index is 0.823. The van der Waals surface area contributed by atoms with Crippen LogP contribution >= 0.6 is 0 Å². The van der Waals surface area contributed by atoms with Gasteiger partial charge in [-0.05, 0) is 30.1 Å². The van der Waals surface area contributed by atoms with Crippen LogP contribution in [-0.4, -0.2) is 7.28 Å². The van der Waals surface area contributed by atoms with Crippen LogP contribution in [0.25, 0.3) is 0 Å². The van der Waals surface area contributed by atoms with Gasteiger partial charge in [-0.25, -0.2) is 0 Å². The molecule has 0 aromatic rings. The highest BCUT2D eigenvalue weighted by atomic mass is 14.2. The summed E-state index contributed by atoms with van der Waals surface area (Å²) in [6.07, 6.45) is 6.88. The van der Waals surface area contributed by atoms with Gasteiger partial charge in [0.05, 0.1) is 0 Å². The summed E-state index contributed by atoms with van der Waals surface area (Å²) >= 11 is 0. The highest BCUT2D eigenvalue weighted by molar-refractivity contribution is 6.35. The molecule has 0 bridgehead atoms. The lowest BCUT2D eigenvalue weighted by atomic mass is 9.60. The SMILES string of the molecule is C[B]C(CC(C)C)CC(C)C(C)CC(C)CCC. The predicted molar refractivity (Wildman–Crippen MR) is 86.5 cm³/mol. The summed E-state index contributed by atoms with van der Waals surface area (Å²) < 4.78 is 0. The molecule has 0 N–H and O–H groups in total. The molecule has 0 fully saturated rings. The second kappa shape index (κ2) is 9.93. The van der Waals surface area contributed by atoms with Crippen LogP contribution in [0.5, 0.6) is 0 Å². The van der Waals surface area contributed by atoms with E-state index in [1.165, 1.54) is 32.1 Å². The van der Waals surface area contributed by atoms with E-state index in [2.05, 4.69) is 55.6 Å². The molecule has 4 unspecified atom stereocenters. The van der Waals surface area contributed by atoms with E-state index in [-0.39, 0.29) is 0 Å². The monoisotopic (exact) mass is 251 g/mol. The maximum absolute atomic E-state index is 2.46. The zero-order valence-electron chi connectivity index (χ0n) is 14.0. The Morgan fingerprint density at radius 1 is 0.833 bits per heavy atom. The van der Waals surface area contributed by atoms with Gasteiger partial charge in [0.1, 0.15) is 7.28 Å². The molecule has 0 aliphatic rings. The first-order chi connectivity index (χ1) is 8.40. The van der Waals surface area contributed by atoms with Gasteiger partial charge >= 0.3 is 0 Å². The summed E-state index contributed by atoms with van der Waals surface area (Å²) in [7, 11) is 2.43. The Hall–Kier alpha value is 0.0649. The molecule has 0 aliphatic carbocycles. The molecule has 0 spiro atoms. The third-order valence-corrected chi connectivity index (χ3v) is 4.45. The molecule has 0 saturated heterocycles. The summed E-state index contributed by atoms with van der Waals surface area (Å²) in [6.45, 7) is 16.6. The lowest BCUT2D eigenvalue weighted by Gasteiger charge is -2.27. The van der Waals surface area contributed by atoms with Crippen LogP contribution in [0.1, 0.15) is 73.6 Å². The molecule has 0 rings (SSSR count). The smallest absolute Gasteiger partial charge is 0.0917 e. The van der Waals surface area contributed by atoms with Crippen molar-refractivity contribution < 1.29 is 0 Å². The molecule has 1 radical (unpaired) electrons. The molecule has 0 aliphatic heterocycles. The number of hydrogen-bond donors (Lipinski definition) is 0. The second-order valence-electron chi connectivity index (χ2n) is 7.04. The Morgan fingerprint density at radius 3 is 1.83 bits per heavy atom. The molecule has 0 saturated carbocycles. The molecule has 0 heterocycles. The lowest BCUT2D eigenvalue weighted by molar-refractivity contribution is 0.282. The van der Waals surface area contributed by atoms with Gasteiger partial charge in [0.2, 0.25) is 0 Å². The highest BCUT2D eigenvalue weighted by Crippen LogP contribution is 2.31. The van der Waals surface area contributed by atoms with E-state index in [9.17, 15) is 0 Å². The molecular formula is C17H36B. The van der Waals surface area contributed by atoms with E-state index in [1.807, 2.05) is 0 Å². The largest absolute Gasteiger partial charge is 0.110 e. The molecule has 1 heteroatoms. The molecule has 107 valence electrons. The third kappa shape index (κ3) is 8.22. The van der Waals surface area contributed by atoms with Crippen molar-refractivity contribution in [3.63, 3.8) is 0 Å². The fraction of sp³-hybridized carbons (Fsp3) is 1.00. The van der Waals surface area contributed by atoms with Crippen molar-refractivity contribution in [1.82, 2.24) is 0 Å². The molecule has 18 heavy (non-hydrogen) atoms. The van der Waals surface area contributed by atoms with Gasteiger partial charge in [0, 0.05) is 0 Å². The van der Waals surface area contributed by atoms with Crippen molar-refractivity contribution in [3.8, 4) is 0 Å². The van der Waals surface area contributed by atoms with Gasteiger partial charge in [-0.15, -0.1) is 0 Å². The van der Waals surface area contributed by atoms with Crippen molar-refractivity contribution in [1.29, 1.82) is 0 Å². The van der Waals surface area contributed by atoms with Crippen molar-refractivity contribution in [2.45, 2.75) is 86.3 Å². The van der Waals surface area contributed by atoms with Crippen molar-refractivity contribution in [2.24, 2.45) is 23.7 Å². The normalized spacial score (nSPS) is 18.4. The summed E-state index contributed by atoms with van der Waals surface area (Å²) in [5, 5.41) is 0. The Kier molecular flexibility index (Phi) is 9.96. The van der Waals surface area contributed by atoms with Gasteiger partial charge in [-0.3, -0.25) is 0 Å². The van der Waals surface area contributed by atoms with E-state index in [1.54, 1.807) is 0 Å². The molecule has 4 atom stereocenters. The molecule has 0 amide bonds. The van der Waals surface area contributed by atoms with Gasteiger partial charge in [0.15, 0.2) is 0 Å².